The summed E-state index contributed by atoms with van der Waals surface area (Å²) in [6, 6.07) is 17.6. The maximum absolute atomic E-state index is 3.78. The number of benzene rings is 2. The molecule has 0 N–H and O–H groups in total. The van der Waals surface area contributed by atoms with Gasteiger partial charge in [-0.2, -0.15) is 0 Å². The molecule has 0 radical (unpaired) electrons. The minimum Gasteiger partial charge on any atom is -0.103 e. The molecule has 3 rings (SSSR count). The van der Waals surface area contributed by atoms with E-state index in [0.717, 1.165) is 35.8 Å². The van der Waals surface area contributed by atoms with Crippen LogP contribution >= 0.6 is 0 Å². The largest absolute Gasteiger partial charge is 0.103 e. The Balaban J connectivity index is 1.57. The zero-order chi connectivity index (χ0) is 18.9. The monoisotopic (exact) mass is 356 g/mol. The normalized spacial score (nSPS) is 19.1. The Bertz CT molecular complexity index is 760. The average molecular weight is 357 g/mol. The molecule has 2 aromatic rings. The maximum Gasteiger partial charge on any atom is 0.0249 e. The quantitative estimate of drug-likeness (QED) is 0.377. The molecule has 0 heteroatoms. The molecule has 1 saturated carbocycles. The fourth-order valence-electron chi connectivity index (χ4n) is 4.20. The van der Waals surface area contributed by atoms with Gasteiger partial charge in [0.2, 0.25) is 0 Å². The second kappa shape index (κ2) is 10.2. The van der Waals surface area contributed by atoms with Crippen molar-refractivity contribution >= 4 is 0 Å². The van der Waals surface area contributed by atoms with Crippen LogP contribution in [0.25, 0.3) is 0 Å². The van der Waals surface area contributed by atoms with Crippen molar-refractivity contribution < 1.29 is 0 Å². The van der Waals surface area contributed by atoms with Crippen molar-refractivity contribution in [2.24, 2.45) is 5.92 Å². The summed E-state index contributed by atoms with van der Waals surface area (Å²) in [5.74, 6) is 8.33. The first-order chi connectivity index (χ1) is 13.3. The Labute approximate surface area is 165 Å². The number of aryl methyl sites for hydroxylation is 1. The van der Waals surface area contributed by atoms with Crippen molar-refractivity contribution in [2.75, 3.05) is 0 Å². The lowest BCUT2D eigenvalue weighted by Gasteiger charge is -2.28. The van der Waals surface area contributed by atoms with E-state index < -0.39 is 0 Å². The van der Waals surface area contributed by atoms with Gasteiger partial charge in [0.15, 0.2) is 0 Å². The van der Waals surface area contributed by atoms with E-state index in [4.69, 9.17) is 0 Å². The van der Waals surface area contributed by atoms with E-state index in [1.54, 1.807) is 0 Å². The first-order valence-corrected chi connectivity index (χ1v) is 10.6. The van der Waals surface area contributed by atoms with Crippen molar-refractivity contribution in [1.82, 2.24) is 0 Å². The molecule has 1 aliphatic carbocycles. The smallest absolute Gasteiger partial charge is 0.0249 e. The molecule has 1 aliphatic rings. The number of rotatable bonds is 6. The number of hydrogen-bond donors (Lipinski definition) is 0. The van der Waals surface area contributed by atoms with Crippen LogP contribution in [0, 0.1) is 17.8 Å². The van der Waals surface area contributed by atoms with Gasteiger partial charge in [-0.3, -0.25) is 0 Å². The first kappa shape index (κ1) is 19.5. The predicted molar refractivity (Wildman–Crippen MR) is 117 cm³/mol. The zero-order valence-electron chi connectivity index (χ0n) is 16.7. The Morgan fingerprint density at radius 2 is 1.48 bits per heavy atom. The lowest BCUT2D eigenvalue weighted by atomic mass is 9.77. The van der Waals surface area contributed by atoms with Gasteiger partial charge in [0, 0.05) is 11.1 Å². The molecule has 0 bridgehead atoms. The summed E-state index contributed by atoms with van der Waals surface area (Å²) < 4.78 is 0. The van der Waals surface area contributed by atoms with Gasteiger partial charge in [0.05, 0.1) is 0 Å². The Morgan fingerprint density at radius 3 is 2.04 bits per heavy atom. The van der Waals surface area contributed by atoms with Gasteiger partial charge in [-0.05, 0) is 85.8 Å². The summed E-state index contributed by atoms with van der Waals surface area (Å²) in [6.07, 6.45) is 12.3. The van der Waals surface area contributed by atoms with Crippen molar-refractivity contribution in [3.8, 4) is 11.8 Å². The Hall–Kier alpha value is -2.26. The van der Waals surface area contributed by atoms with Gasteiger partial charge in [-0.25, -0.2) is 0 Å². The van der Waals surface area contributed by atoms with E-state index in [1.165, 1.54) is 49.7 Å². The third kappa shape index (κ3) is 5.86. The van der Waals surface area contributed by atoms with Crippen LogP contribution in [0.3, 0.4) is 0 Å². The predicted octanol–water partition coefficient (Wildman–Crippen LogP) is 7.28. The van der Waals surface area contributed by atoms with E-state index in [0.29, 0.717) is 0 Å². The molecule has 0 heterocycles. The van der Waals surface area contributed by atoms with E-state index in [9.17, 15) is 0 Å². The summed E-state index contributed by atoms with van der Waals surface area (Å²) in [4.78, 5) is 0. The highest BCUT2D eigenvalue weighted by Gasteiger charge is 2.21. The molecule has 0 nitrogen and oxygen atoms in total. The summed E-state index contributed by atoms with van der Waals surface area (Å²) in [5, 5.41) is 0. The van der Waals surface area contributed by atoms with Gasteiger partial charge < -0.3 is 0 Å². The molecule has 140 valence electrons. The average Bonchev–Trinajstić information content (AvgIpc) is 2.73. The van der Waals surface area contributed by atoms with E-state index in [-0.39, 0.29) is 0 Å². The van der Waals surface area contributed by atoms with Crippen molar-refractivity contribution in [1.29, 1.82) is 0 Å². The van der Waals surface area contributed by atoms with Crippen LogP contribution in [0.4, 0.5) is 0 Å². The Kier molecular flexibility index (Phi) is 7.35. The molecule has 0 aliphatic heterocycles. The lowest BCUT2D eigenvalue weighted by molar-refractivity contribution is 0.308. The minimum atomic E-state index is 0.753. The van der Waals surface area contributed by atoms with Crippen LogP contribution in [0.15, 0.2) is 61.2 Å². The standard InChI is InChI=1S/C27H32/c1-3-5-7-23-8-10-24(11-9-23)12-13-25-16-20-27(21-17-25)26-18-14-22(6-4-2)15-19-26/h3,8-11,16-17,20-22,26H,1,4-7,14-15,18-19H2,2H3. The third-order valence-electron chi connectivity index (χ3n) is 5.87. The maximum atomic E-state index is 3.78. The molecule has 0 unspecified atom stereocenters. The molecular formula is C27H32. The highest BCUT2D eigenvalue weighted by Crippen LogP contribution is 2.37. The molecule has 0 amide bonds. The molecular weight excluding hydrogens is 324 g/mol. The van der Waals surface area contributed by atoms with Crippen LogP contribution in [-0.4, -0.2) is 0 Å². The highest BCUT2D eigenvalue weighted by molar-refractivity contribution is 5.44. The Morgan fingerprint density at radius 1 is 0.889 bits per heavy atom. The summed E-state index contributed by atoms with van der Waals surface area (Å²) in [7, 11) is 0. The lowest BCUT2D eigenvalue weighted by Crippen LogP contribution is -2.13. The summed E-state index contributed by atoms with van der Waals surface area (Å²) in [5.41, 5.74) is 5.03. The van der Waals surface area contributed by atoms with E-state index >= 15 is 0 Å². The number of hydrogen-bond acceptors (Lipinski definition) is 0. The third-order valence-corrected chi connectivity index (χ3v) is 5.87. The van der Waals surface area contributed by atoms with Gasteiger partial charge >= 0.3 is 0 Å². The SMILES string of the molecule is C=CCCc1ccc(C#Cc2ccc(C3CCC(CCC)CC3)cc2)cc1. The van der Waals surface area contributed by atoms with Crippen molar-refractivity contribution in [3.05, 3.63) is 83.4 Å². The second-order valence-corrected chi connectivity index (χ2v) is 7.90. The van der Waals surface area contributed by atoms with Crippen LogP contribution in [0.5, 0.6) is 0 Å². The fraction of sp³-hybridized carbons (Fsp3) is 0.407. The minimum absolute atomic E-state index is 0.753. The van der Waals surface area contributed by atoms with Gasteiger partial charge in [-0.1, -0.05) is 61.9 Å². The molecule has 0 atom stereocenters. The topological polar surface area (TPSA) is 0 Å². The van der Waals surface area contributed by atoms with E-state index in [1.807, 2.05) is 6.08 Å². The summed E-state index contributed by atoms with van der Waals surface area (Å²) >= 11 is 0. The van der Waals surface area contributed by atoms with Gasteiger partial charge in [0.1, 0.15) is 0 Å². The summed E-state index contributed by atoms with van der Waals surface area (Å²) in [6.45, 7) is 6.09. The van der Waals surface area contributed by atoms with Crippen LogP contribution in [0.2, 0.25) is 0 Å². The highest BCUT2D eigenvalue weighted by atomic mass is 14.3. The van der Waals surface area contributed by atoms with Crippen molar-refractivity contribution in [2.45, 2.75) is 64.2 Å². The molecule has 2 aromatic carbocycles. The molecule has 0 saturated heterocycles. The molecule has 1 fully saturated rings. The van der Waals surface area contributed by atoms with Gasteiger partial charge in [0.25, 0.3) is 0 Å². The number of allylic oxidation sites excluding steroid dienone is 1. The van der Waals surface area contributed by atoms with Crippen LogP contribution in [0.1, 0.15) is 80.0 Å². The first-order valence-electron chi connectivity index (χ1n) is 10.6. The second-order valence-electron chi connectivity index (χ2n) is 7.90. The molecule has 27 heavy (non-hydrogen) atoms. The van der Waals surface area contributed by atoms with Gasteiger partial charge in [-0.15, -0.1) is 6.58 Å². The molecule has 0 spiro atoms. The van der Waals surface area contributed by atoms with Crippen molar-refractivity contribution in [3.63, 3.8) is 0 Å². The zero-order valence-corrected chi connectivity index (χ0v) is 16.7. The van der Waals surface area contributed by atoms with Crippen LogP contribution < -0.4 is 0 Å². The van der Waals surface area contributed by atoms with Crippen LogP contribution in [-0.2, 0) is 6.42 Å². The molecule has 0 aromatic heterocycles. The fourth-order valence-corrected chi connectivity index (χ4v) is 4.20. The van der Waals surface area contributed by atoms with E-state index in [2.05, 4.69) is 73.9 Å².